The Kier molecular flexibility index (Phi) is 4.05. The van der Waals surface area contributed by atoms with Crippen molar-refractivity contribution in [3.05, 3.63) is 10.7 Å². The molecule has 88 valence electrons. The number of hydrogen-bond acceptors (Lipinski definition) is 5. The van der Waals surface area contributed by atoms with Gasteiger partial charge in [-0.25, -0.2) is 9.97 Å². The number of hydrogen-bond donors (Lipinski definition) is 1. The molecule has 1 aliphatic rings. The molecular weight excluding hydrogens is 290 g/mol. The minimum atomic E-state index is -0.156. The van der Waals surface area contributed by atoms with Crippen molar-refractivity contribution >= 4 is 33.5 Å². The van der Waals surface area contributed by atoms with Gasteiger partial charge in [-0.15, -0.1) is 0 Å². The molecule has 1 fully saturated rings. The standard InChI is InChI=1S/C10H14BrN3OS/c1-16-10-12-6-8(11)9(13-10)14-4-2-7(15)3-5-14/h6-7,15H,2-5H2,1H3. The highest BCUT2D eigenvalue weighted by molar-refractivity contribution is 9.10. The van der Waals surface area contributed by atoms with Gasteiger partial charge >= 0.3 is 0 Å². The van der Waals surface area contributed by atoms with Crippen LogP contribution in [-0.2, 0) is 0 Å². The summed E-state index contributed by atoms with van der Waals surface area (Å²) in [6, 6.07) is 0. The Morgan fingerprint density at radius 2 is 2.19 bits per heavy atom. The lowest BCUT2D eigenvalue weighted by Crippen LogP contribution is -2.36. The first-order chi connectivity index (χ1) is 7.70. The minimum Gasteiger partial charge on any atom is -0.393 e. The van der Waals surface area contributed by atoms with Crippen LogP contribution in [0.25, 0.3) is 0 Å². The van der Waals surface area contributed by atoms with Crippen LogP contribution in [0.3, 0.4) is 0 Å². The first kappa shape index (κ1) is 12.1. The number of thioether (sulfide) groups is 1. The van der Waals surface area contributed by atoms with Gasteiger partial charge in [-0.2, -0.15) is 0 Å². The third-order valence-electron chi connectivity index (χ3n) is 2.65. The van der Waals surface area contributed by atoms with Crippen molar-refractivity contribution < 1.29 is 5.11 Å². The molecule has 0 atom stereocenters. The molecule has 2 heterocycles. The average molecular weight is 304 g/mol. The summed E-state index contributed by atoms with van der Waals surface area (Å²) >= 11 is 5.01. The average Bonchev–Trinajstić information content (AvgIpc) is 2.31. The number of anilines is 1. The van der Waals surface area contributed by atoms with E-state index in [-0.39, 0.29) is 6.10 Å². The summed E-state index contributed by atoms with van der Waals surface area (Å²) in [7, 11) is 0. The topological polar surface area (TPSA) is 49.2 Å². The zero-order chi connectivity index (χ0) is 11.5. The van der Waals surface area contributed by atoms with E-state index in [0.29, 0.717) is 0 Å². The number of aromatic nitrogens is 2. The van der Waals surface area contributed by atoms with E-state index in [1.54, 1.807) is 6.20 Å². The summed E-state index contributed by atoms with van der Waals surface area (Å²) < 4.78 is 0.918. The molecule has 6 heteroatoms. The fourth-order valence-electron chi connectivity index (χ4n) is 1.74. The number of aliphatic hydroxyl groups is 1. The Morgan fingerprint density at radius 1 is 1.50 bits per heavy atom. The van der Waals surface area contributed by atoms with Gasteiger partial charge in [0, 0.05) is 19.3 Å². The Balaban J connectivity index is 2.19. The van der Waals surface area contributed by atoms with Gasteiger partial charge in [0.25, 0.3) is 0 Å². The molecule has 1 saturated heterocycles. The summed E-state index contributed by atoms with van der Waals surface area (Å²) in [6.45, 7) is 1.70. The Morgan fingerprint density at radius 3 is 2.81 bits per heavy atom. The minimum absolute atomic E-state index is 0.156. The van der Waals surface area contributed by atoms with Crippen molar-refractivity contribution in [3.63, 3.8) is 0 Å². The fraction of sp³-hybridized carbons (Fsp3) is 0.600. The van der Waals surface area contributed by atoms with Crippen LogP contribution in [0, 0.1) is 0 Å². The molecule has 1 aromatic heterocycles. The summed E-state index contributed by atoms with van der Waals surface area (Å²) in [5, 5.41) is 10.3. The second kappa shape index (κ2) is 5.33. The second-order valence-electron chi connectivity index (χ2n) is 3.75. The zero-order valence-corrected chi connectivity index (χ0v) is 11.5. The molecule has 0 radical (unpaired) electrons. The molecule has 0 aromatic carbocycles. The molecule has 0 spiro atoms. The second-order valence-corrected chi connectivity index (χ2v) is 5.37. The Bertz CT molecular complexity index is 369. The Hall–Kier alpha value is -0.330. The van der Waals surface area contributed by atoms with E-state index >= 15 is 0 Å². The van der Waals surface area contributed by atoms with Crippen molar-refractivity contribution in [3.8, 4) is 0 Å². The predicted octanol–water partition coefficient (Wildman–Crippen LogP) is 1.92. The van der Waals surface area contributed by atoms with Gasteiger partial charge in [0.1, 0.15) is 5.82 Å². The number of rotatable bonds is 2. The number of piperidine rings is 1. The van der Waals surface area contributed by atoms with Crippen molar-refractivity contribution in [2.45, 2.75) is 24.1 Å². The van der Waals surface area contributed by atoms with Gasteiger partial charge in [-0.3, -0.25) is 0 Å². The quantitative estimate of drug-likeness (QED) is 0.668. The zero-order valence-electron chi connectivity index (χ0n) is 9.06. The van der Waals surface area contributed by atoms with Gasteiger partial charge in [0.05, 0.1) is 10.6 Å². The summed E-state index contributed by atoms with van der Waals surface area (Å²) in [6.07, 6.45) is 5.22. The molecule has 1 aromatic rings. The highest BCUT2D eigenvalue weighted by atomic mass is 79.9. The van der Waals surface area contributed by atoms with E-state index in [1.807, 2.05) is 6.26 Å². The van der Waals surface area contributed by atoms with Gasteiger partial charge < -0.3 is 10.0 Å². The first-order valence-corrected chi connectivity index (χ1v) is 7.22. The molecule has 0 bridgehead atoms. The Labute approximate surface area is 108 Å². The van der Waals surface area contributed by atoms with Crippen LogP contribution in [0.5, 0.6) is 0 Å². The largest absolute Gasteiger partial charge is 0.393 e. The van der Waals surface area contributed by atoms with Gasteiger partial charge in [0.15, 0.2) is 5.16 Å². The van der Waals surface area contributed by atoms with Crippen molar-refractivity contribution in [2.75, 3.05) is 24.2 Å². The summed E-state index contributed by atoms with van der Waals surface area (Å²) in [4.78, 5) is 10.9. The molecule has 2 rings (SSSR count). The number of halogens is 1. The molecule has 0 aliphatic carbocycles. The fourth-order valence-corrected chi connectivity index (χ4v) is 2.52. The third kappa shape index (κ3) is 2.67. The molecule has 0 unspecified atom stereocenters. The molecule has 1 aliphatic heterocycles. The lowest BCUT2D eigenvalue weighted by atomic mass is 10.1. The first-order valence-electron chi connectivity index (χ1n) is 5.20. The van der Waals surface area contributed by atoms with E-state index in [4.69, 9.17) is 0 Å². The lowest BCUT2D eigenvalue weighted by molar-refractivity contribution is 0.145. The summed E-state index contributed by atoms with van der Waals surface area (Å²) in [5.74, 6) is 0.936. The van der Waals surface area contributed by atoms with Crippen molar-refractivity contribution in [1.82, 2.24) is 9.97 Å². The molecule has 1 N–H and O–H groups in total. The molecule has 0 amide bonds. The van der Waals surface area contributed by atoms with Crippen LogP contribution < -0.4 is 4.90 Å². The molecule has 0 saturated carbocycles. The van der Waals surface area contributed by atoms with E-state index in [1.165, 1.54) is 11.8 Å². The van der Waals surface area contributed by atoms with Crippen LogP contribution in [0.1, 0.15) is 12.8 Å². The highest BCUT2D eigenvalue weighted by Crippen LogP contribution is 2.27. The van der Waals surface area contributed by atoms with Gasteiger partial charge in [-0.1, -0.05) is 11.8 Å². The lowest BCUT2D eigenvalue weighted by Gasteiger charge is -2.31. The summed E-state index contributed by atoms with van der Waals surface area (Å²) in [5.41, 5.74) is 0. The molecular formula is C10H14BrN3OS. The van der Waals surface area contributed by atoms with Gasteiger partial charge in [-0.05, 0) is 35.0 Å². The molecule has 16 heavy (non-hydrogen) atoms. The van der Waals surface area contributed by atoms with E-state index in [9.17, 15) is 5.11 Å². The monoisotopic (exact) mass is 303 g/mol. The van der Waals surface area contributed by atoms with Crippen LogP contribution >= 0.6 is 27.7 Å². The predicted molar refractivity (Wildman–Crippen MR) is 69.0 cm³/mol. The van der Waals surface area contributed by atoms with Crippen LogP contribution in [0.15, 0.2) is 15.8 Å². The van der Waals surface area contributed by atoms with E-state index in [2.05, 4.69) is 30.8 Å². The van der Waals surface area contributed by atoms with E-state index in [0.717, 1.165) is 41.4 Å². The number of aliphatic hydroxyl groups excluding tert-OH is 1. The maximum absolute atomic E-state index is 9.47. The van der Waals surface area contributed by atoms with Crippen LogP contribution in [-0.4, -0.2) is 40.5 Å². The van der Waals surface area contributed by atoms with Crippen molar-refractivity contribution in [1.29, 1.82) is 0 Å². The third-order valence-corrected chi connectivity index (χ3v) is 3.77. The van der Waals surface area contributed by atoms with Crippen LogP contribution in [0.4, 0.5) is 5.82 Å². The SMILES string of the molecule is CSc1ncc(Br)c(N2CCC(O)CC2)n1. The van der Waals surface area contributed by atoms with Crippen molar-refractivity contribution in [2.24, 2.45) is 0 Å². The van der Waals surface area contributed by atoms with E-state index < -0.39 is 0 Å². The smallest absolute Gasteiger partial charge is 0.189 e. The number of nitrogens with zero attached hydrogens (tertiary/aromatic N) is 3. The highest BCUT2D eigenvalue weighted by Gasteiger charge is 2.20. The van der Waals surface area contributed by atoms with Gasteiger partial charge in [0.2, 0.25) is 0 Å². The maximum atomic E-state index is 9.47. The molecule has 4 nitrogen and oxygen atoms in total. The van der Waals surface area contributed by atoms with Crippen LogP contribution in [0.2, 0.25) is 0 Å². The normalized spacial score (nSPS) is 17.8. The maximum Gasteiger partial charge on any atom is 0.189 e.